The van der Waals surface area contributed by atoms with E-state index in [1.807, 2.05) is 24.3 Å². The van der Waals surface area contributed by atoms with Gasteiger partial charge in [0.05, 0.1) is 13.2 Å². The van der Waals surface area contributed by atoms with Crippen LogP contribution in [0.3, 0.4) is 0 Å². The number of methoxy groups -OCH3 is 1. The highest BCUT2D eigenvalue weighted by atomic mass is 16.6. The third-order valence-corrected chi connectivity index (χ3v) is 3.91. The van der Waals surface area contributed by atoms with Crippen LogP contribution in [0.5, 0.6) is 5.75 Å². The van der Waals surface area contributed by atoms with Crippen LogP contribution in [0.4, 0.5) is 4.79 Å². The fourth-order valence-electron chi connectivity index (χ4n) is 2.71. The maximum absolute atomic E-state index is 11.7. The summed E-state index contributed by atoms with van der Waals surface area (Å²) < 4.78 is 15.7. The van der Waals surface area contributed by atoms with Crippen LogP contribution in [-0.4, -0.2) is 48.6 Å². The molecule has 0 saturated carbocycles. The highest BCUT2D eigenvalue weighted by molar-refractivity contribution is 5.74. The quantitative estimate of drug-likeness (QED) is 0.816. The lowest BCUT2D eigenvalue weighted by molar-refractivity contribution is -0.204. The Morgan fingerprint density at radius 2 is 1.88 bits per heavy atom. The van der Waals surface area contributed by atoms with Crippen molar-refractivity contribution in [3.63, 3.8) is 0 Å². The summed E-state index contributed by atoms with van der Waals surface area (Å²) in [7, 11) is 1.59. The van der Waals surface area contributed by atoms with E-state index in [0.717, 1.165) is 11.3 Å². The van der Waals surface area contributed by atoms with Crippen LogP contribution >= 0.6 is 0 Å². The van der Waals surface area contributed by atoms with Crippen molar-refractivity contribution in [1.29, 1.82) is 0 Å². The molecule has 138 valence electrons. The molecule has 7 nitrogen and oxygen atoms in total. The molecule has 0 spiro atoms. The lowest BCUT2D eigenvalue weighted by Gasteiger charge is -2.42. The van der Waals surface area contributed by atoms with Crippen molar-refractivity contribution in [3.8, 4) is 5.75 Å². The Bertz CT molecular complexity index is 607. The van der Waals surface area contributed by atoms with E-state index < -0.39 is 23.8 Å². The molecule has 25 heavy (non-hydrogen) atoms. The van der Waals surface area contributed by atoms with Gasteiger partial charge in [-0.25, -0.2) is 9.59 Å². The first-order valence-corrected chi connectivity index (χ1v) is 8.17. The summed E-state index contributed by atoms with van der Waals surface area (Å²) in [6.07, 6.45) is -1.23. The van der Waals surface area contributed by atoms with Crippen LogP contribution < -0.4 is 10.1 Å². The molecular formula is C18H25NO6. The summed E-state index contributed by atoms with van der Waals surface area (Å²) in [6.45, 7) is 5.54. The number of carbonyl (C=O) groups is 2. The van der Waals surface area contributed by atoms with E-state index in [9.17, 15) is 14.7 Å². The van der Waals surface area contributed by atoms with Gasteiger partial charge in [0.15, 0.2) is 6.10 Å². The number of aliphatic carboxylic acids is 1. The minimum absolute atomic E-state index is 0.208. The maximum atomic E-state index is 11.7. The zero-order chi connectivity index (χ0) is 18.6. The summed E-state index contributed by atoms with van der Waals surface area (Å²) in [5.41, 5.74) is 0.402. The zero-order valence-corrected chi connectivity index (χ0v) is 14.9. The molecule has 2 rings (SSSR count). The van der Waals surface area contributed by atoms with Gasteiger partial charge in [-0.2, -0.15) is 0 Å². The van der Waals surface area contributed by atoms with E-state index in [-0.39, 0.29) is 18.6 Å². The van der Waals surface area contributed by atoms with Crippen molar-refractivity contribution in [2.75, 3.05) is 13.7 Å². The number of benzene rings is 1. The first-order valence-electron chi connectivity index (χ1n) is 8.17. The van der Waals surface area contributed by atoms with Gasteiger partial charge in [0.1, 0.15) is 11.4 Å². The third kappa shape index (κ3) is 5.35. The average Bonchev–Trinajstić information content (AvgIpc) is 2.50. The van der Waals surface area contributed by atoms with Crippen LogP contribution in [0, 0.1) is 5.92 Å². The fraction of sp³-hybridized carbons (Fsp3) is 0.556. The van der Waals surface area contributed by atoms with E-state index in [0.29, 0.717) is 6.42 Å². The van der Waals surface area contributed by atoms with E-state index in [1.165, 1.54) is 0 Å². The monoisotopic (exact) mass is 351 g/mol. The maximum Gasteiger partial charge on any atom is 0.407 e. The molecule has 0 bridgehead atoms. The highest BCUT2D eigenvalue weighted by Crippen LogP contribution is 2.32. The smallest absolute Gasteiger partial charge is 0.407 e. The third-order valence-electron chi connectivity index (χ3n) is 3.91. The molecule has 1 aromatic carbocycles. The van der Waals surface area contributed by atoms with Crippen molar-refractivity contribution >= 4 is 12.1 Å². The second-order valence-electron chi connectivity index (χ2n) is 7.03. The van der Waals surface area contributed by atoms with Gasteiger partial charge >= 0.3 is 12.1 Å². The van der Waals surface area contributed by atoms with Crippen molar-refractivity contribution in [3.05, 3.63) is 29.8 Å². The van der Waals surface area contributed by atoms with Gasteiger partial charge in [-0.15, -0.1) is 0 Å². The summed E-state index contributed by atoms with van der Waals surface area (Å²) >= 11 is 0. The van der Waals surface area contributed by atoms with Crippen LogP contribution in [0.25, 0.3) is 0 Å². The van der Waals surface area contributed by atoms with E-state index in [4.69, 9.17) is 14.2 Å². The minimum Gasteiger partial charge on any atom is -0.497 e. The van der Waals surface area contributed by atoms with Crippen molar-refractivity contribution < 1.29 is 28.9 Å². The van der Waals surface area contributed by atoms with E-state index in [1.54, 1.807) is 27.9 Å². The second kappa shape index (κ2) is 7.74. The first-order chi connectivity index (χ1) is 11.7. The van der Waals surface area contributed by atoms with Crippen LogP contribution in [0.2, 0.25) is 0 Å². The first kappa shape index (κ1) is 19.1. The number of hydrogen-bond donors (Lipinski definition) is 2. The van der Waals surface area contributed by atoms with Crippen LogP contribution in [-0.2, 0) is 20.7 Å². The molecule has 7 heteroatoms. The minimum atomic E-state index is -0.993. The molecule has 1 amide bonds. The molecular weight excluding hydrogens is 326 g/mol. The van der Waals surface area contributed by atoms with E-state index >= 15 is 0 Å². The van der Waals surface area contributed by atoms with Gasteiger partial charge in [0.2, 0.25) is 0 Å². The molecule has 1 aliphatic heterocycles. The van der Waals surface area contributed by atoms with E-state index in [2.05, 4.69) is 5.32 Å². The van der Waals surface area contributed by atoms with Crippen molar-refractivity contribution in [2.45, 2.75) is 45.0 Å². The number of carboxylic acid groups (broad SMARTS) is 1. The van der Waals surface area contributed by atoms with Gasteiger partial charge in [-0.1, -0.05) is 12.1 Å². The van der Waals surface area contributed by atoms with Crippen molar-refractivity contribution in [1.82, 2.24) is 5.32 Å². The van der Waals surface area contributed by atoms with Gasteiger partial charge in [0, 0.05) is 12.5 Å². The Morgan fingerprint density at radius 3 is 2.40 bits per heavy atom. The molecule has 1 aromatic rings. The molecule has 0 radical (unpaired) electrons. The number of hydrogen-bond acceptors (Lipinski definition) is 5. The predicted octanol–water partition coefficient (Wildman–Crippen LogP) is 2.23. The molecule has 0 aromatic heterocycles. The number of alkyl carbamates (subject to hydrolysis) is 1. The molecule has 1 saturated heterocycles. The van der Waals surface area contributed by atoms with Crippen molar-refractivity contribution in [2.24, 2.45) is 5.92 Å². The Kier molecular flexibility index (Phi) is 5.89. The standard InChI is InChI=1S/C18H25NO6/c1-18(2,3)25-17(22)19-10-14-13(15(24-14)16(20)21)9-11-5-7-12(23-4)8-6-11/h5-8,13-15H,9-10H2,1-4H3,(H,19,22)(H,20,21)/t13-,14+,15-/m0/s1. The molecule has 1 heterocycles. The largest absolute Gasteiger partial charge is 0.497 e. The number of amides is 1. The fourth-order valence-corrected chi connectivity index (χ4v) is 2.71. The molecule has 0 unspecified atom stereocenters. The lowest BCUT2D eigenvalue weighted by atomic mass is 9.83. The SMILES string of the molecule is COc1ccc(C[C@@H]2[C@@H](C(=O)O)O[C@@H]2CNC(=O)OC(C)(C)C)cc1. The molecule has 2 N–H and O–H groups in total. The Hall–Kier alpha value is -2.28. The number of carboxylic acids is 1. The second-order valence-corrected chi connectivity index (χ2v) is 7.03. The summed E-state index contributed by atoms with van der Waals surface area (Å²) in [4.78, 5) is 23.0. The van der Waals surface area contributed by atoms with Gasteiger partial charge < -0.3 is 24.6 Å². The lowest BCUT2D eigenvalue weighted by Crippen LogP contribution is -2.58. The number of nitrogens with one attached hydrogen (secondary N) is 1. The van der Waals surface area contributed by atoms with Crippen LogP contribution in [0.1, 0.15) is 26.3 Å². The normalized spacial score (nSPS) is 22.6. The topological polar surface area (TPSA) is 94.1 Å². The molecule has 1 aliphatic rings. The van der Waals surface area contributed by atoms with Gasteiger partial charge in [0.25, 0.3) is 0 Å². The number of rotatable bonds is 6. The Morgan fingerprint density at radius 1 is 1.24 bits per heavy atom. The Labute approximate surface area is 147 Å². The summed E-state index contributed by atoms with van der Waals surface area (Å²) in [6, 6.07) is 7.46. The van der Waals surface area contributed by atoms with Crippen LogP contribution in [0.15, 0.2) is 24.3 Å². The Balaban J connectivity index is 1.94. The predicted molar refractivity (Wildman–Crippen MR) is 90.7 cm³/mol. The number of ether oxygens (including phenoxy) is 3. The molecule has 1 fully saturated rings. The van der Waals surface area contributed by atoms with Gasteiger partial charge in [-0.05, 0) is 44.9 Å². The summed E-state index contributed by atoms with van der Waals surface area (Å²) in [5, 5.41) is 11.9. The molecule has 0 aliphatic carbocycles. The average molecular weight is 351 g/mol. The highest BCUT2D eigenvalue weighted by Gasteiger charge is 2.46. The number of carbonyl (C=O) groups excluding carboxylic acids is 1. The van der Waals surface area contributed by atoms with Gasteiger partial charge in [-0.3, -0.25) is 0 Å². The molecule has 3 atom stereocenters. The summed E-state index contributed by atoms with van der Waals surface area (Å²) in [5.74, 6) is -0.473. The zero-order valence-electron chi connectivity index (χ0n) is 14.9.